The zero-order chi connectivity index (χ0) is 28.0. The highest BCUT2D eigenvalue weighted by molar-refractivity contribution is 6.10. The maximum atomic E-state index is 14.2. The van der Waals surface area contributed by atoms with E-state index in [9.17, 15) is 4.79 Å². The predicted molar refractivity (Wildman–Crippen MR) is 158 cm³/mol. The van der Waals surface area contributed by atoms with Gasteiger partial charge in [0.25, 0.3) is 0 Å². The molecule has 2 aromatic carbocycles. The molecule has 7 rings (SSSR count). The molecular formula is C33H35N5O3. The van der Waals surface area contributed by atoms with Gasteiger partial charge >= 0.3 is 0 Å². The number of benzene rings is 2. The highest BCUT2D eigenvalue weighted by Crippen LogP contribution is 2.57. The summed E-state index contributed by atoms with van der Waals surface area (Å²) in [4.78, 5) is 22.7. The van der Waals surface area contributed by atoms with E-state index in [0.717, 1.165) is 90.5 Å². The first-order valence-electron chi connectivity index (χ1n) is 14.5. The Morgan fingerprint density at radius 1 is 1.00 bits per heavy atom. The normalized spacial score (nSPS) is 18.4. The smallest absolute Gasteiger partial charge is 0.238 e. The lowest BCUT2D eigenvalue weighted by molar-refractivity contribution is -0.126. The summed E-state index contributed by atoms with van der Waals surface area (Å²) in [6, 6.07) is 18.2. The van der Waals surface area contributed by atoms with Crippen molar-refractivity contribution >= 4 is 11.6 Å². The van der Waals surface area contributed by atoms with E-state index in [0.29, 0.717) is 6.54 Å². The van der Waals surface area contributed by atoms with Gasteiger partial charge in [0.05, 0.1) is 36.1 Å². The Morgan fingerprint density at radius 3 is 2.44 bits per heavy atom. The molecule has 0 unspecified atom stereocenters. The number of fused-ring (bicyclic) bond motifs is 2. The summed E-state index contributed by atoms with van der Waals surface area (Å²) in [5.74, 6) is 1.78. The largest absolute Gasteiger partial charge is 0.497 e. The van der Waals surface area contributed by atoms with Crippen LogP contribution in [0.5, 0.6) is 11.5 Å². The van der Waals surface area contributed by atoms with Crippen molar-refractivity contribution < 1.29 is 14.3 Å². The minimum atomic E-state index is -0.490. The van der Waals surface area contributed by atoms with E-state index in [2.05, 4.69) is 29.1 Å². The Balaban J connectivity index is 1.32. The Bertz CT molecular complexity index is 1550. The van der Waals surface area contributed by atoms with E-state index >= 15 is 0 Å². The topological polar surface area (TPSA) is 72.7 Å². The number of carbonyl (C=O) groups excluding carboxylic acids is 1. The highest BCUT2D eigenvalue weighted by Gasteiger charge is 2.55. The molecule has 1 aliphatic carbocycles. The summed E-state index contributed by atoms with van der Waals surface area (Å²) in [7, 11) is 3.82. The summed E-state index contributed by atoms with van der Waals surface area (Å²) in [6.45, 7) is 2.50. The van der Waals surface area contributed by atoms with Gasteiger partial charge in [-0.1, -0.05) is 18.6 Å². The number of pyridine rings is 1. The van der Waals surface area contributed by atoms with Gasteiger partial charge in [0.2, 0.25) is 5.91 Å². The highest BCUT2D eigenvalue weighted by atomic mass is 16.5. The predicted octanol–water partition coefficient (Wildman–Crippen LogP) is 5.38. The number of amides is 1. The fourth-order valence-corrected chi connectivity index (χ4v) is 6.44. The molecule has 0 atom stereocenters. The van der Waals surface area contributed by atoms with Crippen LogP contribution in [0, 0.1) is 0 Å². The average Bonchev–Trinajstić information content (AvgIpc) is 3.57. The molecule has 1 saturated heterocycles. The van der Waals surface area contributed by atoms with Gasteiger partial charge in [-0.2, -0.15) is 5.10 Å². The van der Waals surface area contributed by atoms with Crippen LogP contribution in [-0.4, -0.2) is 58.9 Å². The van der Waals surface area contributed by atoms with Crippen molar-refractivity contribution in [3.8, 4) is 28.4 Å². The molecule has 210 valence electrons. The van der Waals surface area contributed by atoms with Gasteiger partial charge in [0.1, 0.15) is 17.6 Å². The molecule has 1 spiro atoms. The van der Waals surface area contributed by atoms with Crippen LogP contribution < -0.4 is 14.4 Å². The van der Waals surface area contributed by atoms with E-state index in [1.807, 2.05) is 58.2 Å². The average molecular weight is 550 g/mol. The second-order valence-electron chi connectivity index (χ2n) is 11.5. The number of anilines is 1. The minimum absolute atomic E-state index is 0.107. The lowest BCUT2D eigenvalue weighted by atomic mass is 9.65. The number of rotatable bonds is 7. The first-order chi connectivity index (χ1) is 20.0. The third-order valence-electron chi connectivity index (χ3n) is 8.99. The fraction of sp³-hybridized carbons (Fsp3) is 0.364. The molecule has 0 radical (unpaired) electrons. The van der Waals surface area contributed by atoms with Crippen molar-refractivity contribution in [2.45, 2.75) is 50.2 Å². The molecule has 2 aromatic heterocycles. The van der Waals surface area contributed by atoms with Gasteiger partial charge in [-0.15, -0.1) is 0 Å². The zero-order valence-corrected chi connectivity index (χ0v) is 23.6. The van der Waals surface area contributed by atoms with Gasteiger partial charge < -0.3 is 19.3 Å². The van der Waals surface area contributed by atoms with E-state index in [1.54, 1.807) is 19.5 Å². The minimum Gasteiger partial charge on any atom is -0.497 e. The van der Waals surface area contributed by atoms with Crippen molar-refractivity contribution in [2.75, 3.05) is 32.1 Å². The standard InChI is InChI=1S/C33H35N5O3/c1-36-17-10-27(11-18-36)41-30-21-24(29-12-19-38(35-29)25-8-15-34-16-9-25)20-28-31(30)37(32(39)33(28)13-3-14-33)22-23-4-6-26(40-2)7-5-23/h4-9,12,15-16,19-21,27H,3,10-11,13-14,17-18,22H2,1-2H3. The van der Waals surface area contributed by atoms with Crippen LogP contribution in [0.25, 0.3) is 16.9 Å². The number of likely N-dealkylation sites (tertiary alicyclic amines) is 1. The molecule has 1 saturated carbocycles. The lowest BCUT2D eigenvalue weighted by Crippen LogP contribution is -2.44. The molecular weight excluding hydrogens is 514 g/mol. The molecule has 2 fully saturated rings. The second kappa shape index (κ2) is 10.3. The van der Waals surface area contributed by atoms with Gasteiger partial charge in [-0.05, 0) is 86.3 Å². The monoisotopic (exact) mass is 549 g/mol. The SMILES string of the molecule is COc1ccc(CN2C(=O)C3(CCC3)c3cc(-c4ccn(-c5ccncc5)n4)cc(OC4CCN(C)CC4)c32)cc1. The molecule has 8 nitrogen and oxygen atoms in total. The quantitative estimate of drug-likeness (QED) is 0.308. The van der Waals surface area contributed by atoms with Gasteiger partial charge in [0.15, 0.2) is 0 Å². The van der Waals surface area contributed by atoms with E-state index < -0.39 is 5.41 Å². The molecule has 41 heavy (non-hydrogen) atoms. The van der Waals surface area contributed by atoms with Gasteiger partial charge in [0, 0.05) is 37.2 Å². The molecule has 1 amide bonds. The van der Waals surface area contributed by atoms with Crippen molar-refractivity contribution in [2.24, 2.45) is 0 Å². The van der Waals surface area contributed by atoms with Gasteiger partial charge in [-0.25, -0.2) is 4.68 Å². The number of aromatic nitrogens is 3. The summed E-state index contributed by atoms with van der Waals surface area (Å²) < 4.78 is 14.1. The molecule has 0 N–H and O–H groups in total. The molecule has 3 aliphatic rings. The van der Waals surface area contributed by atoms with Gasteiger partial charge in [-0.3, -0.25) is 9.78 Å². The van der Waals surface area contributed by atoms with Crippen LogP contribution in [0.15, 0.2) is 73.2 Å². The Hall–Kier alpha value is -4.17. The third kappa shape index (κ3) is 4.56. The number of methoxy groups -OCH3 is 1. The summed E-state index contributed by atoms with van der Waals surface area (Å²) >= 11 is 0. The molecule has 2 aliphatic heterocycles. The maximum Gasteiger partial charge on any atom is 0.238 e. The number of piperidine rings is 1. The Labute approximate surface area is 240 Å². The van der Waals surface area contributed by atoms with E-state index in [-0.39, 0.29) is 12.0 Å². The Morgan fingerprint density at radius 2 is 1.76 bits per heavy atom. The molecule has 4 aromatic rings. The second-order valence-corrected chi connectivity index (χ2v) is 11.5. The molecule has 8 heteroatoms. The number of carbonyl (C=O) groups is 1. The summed E-state index contributed by atoms with van der Waals surface area (Å²) in [6.07, 6.45) is 10.3. The van der Waals surface area contributed by atoms with Crippen LogP contribution in [0.1, 0.15) is 43.2 Å². The number of ether oxygens (including phenoxy) is 2. The summed E-state index contributed by atoms with van der Waals surface area (Å²) in [5.41, 5.74) is 5.37. The maximum absolute atomic E-state index is 14.2. The van der Waals surface area contributed by atoms with Crippen molar-refractivity contribution in [3.63, 3.8) is 0 Å². The van der Waals surface area contributed by atoms with Crippen LogP contribution in [-0.2, 0) is 16.8 Å². The number of hydrogen-bond acceptors (Lipinski definition) is 6. The number of hydrogen-bond donors (Lipinski definition) is 0. The van der Waals surface area contributed by atoms with E-state index in [1.165, 1.54) is 0 Å². The van der Waals surface area contributed by atoms with Crippen molar-refractivity contribution in [1.82, 2.24) is 19.7 Å². The molecule has 4 heterocycles. The van der Waals surface area contributed by atoms with Crippen LogP contribution in [0.3, 0.4) is 0 Å². The van der Waals surface area contributed by atoms with Crippen LogP contribution in [0.4, 0.5) is 5.69 Å². The zero-order valence-electron chi connectivity index (χ0n) is 23.6. The van der Waals surface area contributed by atoms with E-state index in [4.69, 9.17) is 14.6 Å². The first kappa shape index (κ1) is 25.8. The Kier molecular flexibility index (Phi) is 6.50. The third-order valence-corrected chi connectivity index (χ3v) is 8.99. The van der Waals surface area contributed by atoms with Crippen molar-refractivity contribution in [1.29, 1.82) is 0 Å². The summed E-state index contributed by atoms with van der Waals surface area (Å²) in [5, 5.41) is 4.90. The van der Waals surface area contributed by atoms with Crippen LogP contribution in [0.2, 0.25) is 0 Å². The lowest BCUT2D eigenvalue weighted by Gasteiger charge is -2.37. The van der Waals surface area contributed by atoms with Crippen LogP contribution >= 0.6 is 0 Å². The van der Waals surface area contributed by atoms with Crippen molar-refractivity contribution in [3.05, 3.63) is 84.3 Å². The molecule has 0 bridgehead atoms. The number of nitrogens with zero attached hydrogens (tertiary/aromatic N) is 5. The first-order valence-corrected chi connectivity index (χ1v) is 14.5. The fourth-order valence-electron chi connectivity index (χ4n) is 6.44.